The van der Waals surface area contributed by atoms with Crippen LogP contribution in [-0.2, 0) is 25.1 Å². The van der Waals surface area contributed by atoms with E-state index < -0.39 is 17.3 Å². The molecule has 4 aromatic rings. The van der Waals surface area contributed by atoms with Gasteiger partial charge in [-0.05, 0) is 12.1 Å². The molecule has 192 valence electrons. The van der Waals surface area contributed by atoms with E-state index in [-0.39, 0.29) is 64.0 Å². The van der Waals surface area contributed by atoms with E-state index in [4.69, 9.17) is 4.74 Å². The highest BCUT2D eigenvalue weighted by molar-refractivity contribution is 5.88. The molecular formula is C22H18ClF3N8O3. The summed E-state index contributed by atoms with van der Waals surface area (Å²) < 4.78 is 47.6. The average Bonchev–Trinajstić information content (AvgIpc) is 3.11. The fourth-order valence-corrected chi connectivity index (χ4v) is 3.38. The molecule has 0 fully saturated rings. The lowest BCUT2D eigenvalue weighted by atomic mass is 10.2. The van der Waals surface area contributed by atoms with Gasteiger partial charge in [0, 0.05) is 39.5 Å². The number of imidazole rings is 1. The molecule has 0 aliphatic heterocycles. The Hall–Kier alpha value is -4.64. The van der Waals surface area contributed by atoms with E-state index in [2.05, 4.69) is 25.6 Å². The van der Waals surface area contributed by atoms with E-state index in [0.29, 0.717) is 12.3 Å². The molecule has 0 aliphatic rings. The summed E-state index contributed by atoms with van der Waals surface area (Å²) in [6, 6.07) is 5.67. The second-order valence-electron chi connectivity index (χ2n) is 7.62. The normalized spacial score (nSPS) is 10.9. The molecule has 0 bridgehead atoms. The number of aryl methyl sites for hydroxylation is 2. The number of aromatic nitrogens is 5. The highest BCUT2D eigenvalue weighted by atomic mass is 35.5. The summed E-state index contributed by atoms with van der Waals surface area (Å²) in [6.07, 6.45) is -1.31. The van der Waals surface area contributed by atoms with Crippen LogP contribution < -0.4 is 20.9 Å². The van der Waals surface area contributed by atoms with Crippen molar-refractivity contribution in [2.45, 2.75) is 13.1 Å². The van der Waals surface area contributed by atoms with Gasteiger partial charge in [0.1, 0.15) is 34.4 Å². The summed E-state index contributed by atoms with van der Waals surface area (Å²) in [5.41, 5.74) is -1.73. The molecule has 4 heterocycles. The number of ether oxygens (including phenoxy) is 1. The molecule has 37 heavy (non-hydrogen) atoms. The number of halogens is 4. The first-order chi connectivity index (χ1) is 17.0. The number of nitriles is 1. The largest absolute Gasteiger partial charge is 0.454 e. The highest BCUT2D eigenvalue weighted by Gasteiger charge is 2.32. The van der Waals surface area contributed by atoms with Crippen LogP contribution >= 0.6 is 12.4 Å². The summed E-state index contributed by atoms with van der Waals surface area (Å²) >= 11 is 0. The molecule has 0 saturated carbocycles. The Morgan fingerprint density at radius 1 is 1.22 bits per heavy atom. The standard InChI is InChI=1S/C22H17F3N8O3.ClH/c1-11(34)29-17-7-13(4-5-27-17)36-16-9-28-19-18(14(16)8-26)33(3)21(31-19)30-15-6-12(22(23,24)25)10-32(2)20(15)35;/h4-7,9-10H,1-3H3,(H,27,29,34)(H,28,30,31);1H. The third-order valence-electron chi connectivity index (χ3n) is 5.00. The molecule has 1 amide bonds. The number of carbonyl (C=O) groups excluding carboxylic acids is 1. The number of nitrogens with one attached hydrogen (secondary N) is 2. The molecule has 0 unspecified atom stereocenters. The van der Waals surface area contributed by atoms with Gasteiger partial charge >= 0.3 is 6.18 Å². The second kappa shape index (κ2) is 10.2. The minimum Gasteiger partial charge on any atom is -0.454 e. The number of amides is 1. The van der Waals surface area contributed by atoms with Crippen LogP contribution in [0.1, 0.15) is 18.1 Å². The van der Waals surface area contributed by atoms with Crippen LogP contribution in [0.3, 0.4) is 0 Å². The van der Waals surface area contributed by atoms with Crippen molar-refractivity contribution in [2.75, 3.05) is 10.6 Å². The van der Waals surface area contributed by atoms with Crippen LogP contribution in [-0.4, -0.2) is 30.0 Å². The van der Waals surface area contributed by atoms with Gasteiger partial charge < -0.3 is 24.5 Å². The number of carbonyl (C=O) groups is 1. The van der Waals surface area contributed by atoms with Gasteiger partial charge in [0.2, 0.25) is 11.9 Å². The minimum absolute atomic E-state index is 0. The predicted molar refractivity (Wildman–Crippen MR) is 129 cm³/mol. The van der Waals surface area contributed by atoms with Crippen molar-refractivity contribution in [1.82, 2.24) is 24.1 Å². The maximum atomic E-state index is 13.2. The molecule has 4 aromatic heterocycles. The number of hydrogen-bond donors (Lipinski definition) is 2. The fourth-order valence-electron chi connectivity index (χ4n) is 3.38. The summed E-state index contributed by atoms with van der Waals surface area (Å²) in [5, 5.41) is 15.0. The van der Waals surface area contributed by atoms with Gasteiger partial charge in [0.15, 0.2) is 11.4 Å². The van der Waals surface area contributed by atoms with Crippen LogP contribution in [0.5, 0.6) is 11.5 Å². The van der Waals surface area contributed by atoms with E-state index in [0.717, 1.165) is 4.57 Å². The van der Waals surface area contributed by atoms with Gasteiger partial charge in [-0.15, -0.1) is 12.4 Å². The average molecular weight is 535 g/mol. The minimum atomic E-state index is -4.66. The lowest BCUT2D eigenvalue weighted by molar-refractivity contribution is -0.138. The molecule has 15 heteroatoms. The van der Waals surface area contributed by atoms with Gasteiger partial charge in [-0.25, -0.2) is 9.97 Å². The van der Waals surface area contributed by atoms with Crippen LogP contribution in [0.4, 0.5) is 30.6 Å². The Kier molecular flexibility index (Phi) is 7.40. The van der Waals surface area contributed by atoms with Crippen LogP contribution in [0, 0.1) is 11.3 Å². The van der Waals surface area contributed by atoms with Gasteiger partial charge in [0.25, 0.3) is 5.56 Å². The van der Waals surface area contributed by atoms with E-state index in [1.807, 2.05) is 6.07 Å². The molecule has 0 saturated heterocycles. The van der Waals surface area contributed by atoms with Gasteiger partial charge in [-0.3, -0.25) is 9.59 Å². The zero-order chi connectivity index (χ0) is 26.2. The first-order valence-corrected chi connectivity index (χ1v) is 10.2. The number of alkyl halides is 3. The van der Waals surface area contributed by atoms with Crippen molar-refractivity contribution >= 4 is 46.9 Å². The third kappa shape index (κ3) is 5.46. The van der Waals surface area contributed by atoms with Crippen LogP contribution in [0.2, 0.25) is 0 Å². The molecule has 4 rings (SSSR count). The van der Waals surface area contributed by atoms with Gasteiger partial charge in [0.05, 0.1) is 11.8 Å². The smallest absolute Gasteiger partial charge is 0.417 e. The number of rotatable bonds is 5. The van der Waals surface area contributed by atoms with Crippen molar-refractivity contribution in [3.05, 3.63) is 58.3 Å². The number of fused-ring (bicyclic) bond motifs is 1. The monoisotopic (exact) mass is 534 g/mol. The molecule has 0 aromatic carbocycles. The molecule has 0 aliphatic carbocycles. The van der Waals surface area contributed by atoms with E-state index in [1.165, 1.54) is 50.1 Å². The van der Waals surface area contributed by atoms with Crippen molar-refractivity contribution in [1.29, 1.82) is 5.26 Å². The SMILES string of the molecule is CC(=O)Nc1cc(Oc2cnc3nc(Nc4cc(C(F)(F)F)cn(C)c4=O)n(C)c3c2C#N)ccn1.Cl. The second-order valence-corrected chi connectivity index (χ2v) is 7.62. The lowest BCUT2D eigenvalue weighted by Gasteiger charge is -2.12. The van der Waals surface area contributed by atoms with Crippen molar-refractivity contribution in [3.63, 3.8) is 0 Å². The first kappa shape index (κ1) is 27.0. The quantitative estimate of drug-likeness (QED) is 0.393. The molecule has 0 spiro atoms. The fraction of sp³-hybridized carbons (Fsp3) is 0.182. The Labute approximate surface area is 213 Å². The maximum absolute atomic E-state index is 13.2. The zero-order valence-corrected chi connectivity index (χ0v) is 20.2. The summed E-state index contributed by atoms with van der Waals surface area (Å²) in [4.78, 5) is 36.1. The van der Waals surface area contributed by atoms with Gasteiger partial charge in [-0.2, -0.15) is 23.4 Å². The van der Waals surface area contributed by atoms with E-state index in [1.54, 1.807) is 0 Å². The molecular weight excluding hydrogens is 517 g/mol. The van der Waals surface area contributed by atoms with Crippen LogP contribution in [0.25, 0.3) is 11.2 Å². The Bertz CT molecular complexity index is 1610. The predicted octanol–water partition coefficient (Wildman–Crippen LogP) is 3.87. The lowest BCUT2D eigenvalue weighted by Crippen LogP contribution is -2.23. The van der Waals surface area contributed by atoms with Crippen molar-refractivity contribution in [2.24, 2.45) is 14.1 Å². The molecule has 0 radical (unpaired) electrons. The van der Waals surface area contributed by atoms with E-state index >= 15 is 0 Å². The number of anilines is 3. The molecule has 0 atom stereocenters. The zero-order valence-electron chi connectivity index (χ0n) is 19.4. The number of nitrogens with zero attached hydrogens (tertiary/aromatic N) is 6. The Morgan fingerprint density at radius 2 is 1.95 bits per heavy atom. The summed E-state index contributed by atoms with van der Waals surface area (Å²) in [5.74, 6) is 0.224. The van der Waals surface area contributed by atoms with E-state index in [9.17, 15) is 28.0 Å². The first-order valence-electron chi connectivity index (χ1n) is 10.2. The Balaban J connectivity index is 0.00000380. The Morgan fingerprint density at radius 3 is 2.59 bits per heavy atom. The maximum Gasteiger partial charge on any atom is 0.417 e. The van der Waals surface area contributed by atoms with Crippen molar-refractivity contribution < 1.29 is 22.7 Å². The topological polar surface area (TPSA) is 140 Å². The molecule has 11 nitrogen and oxygen atoms in total. The highest BCUT2D eigenvalue weighted by Crippen LogP contribution is 2.33. The summed E-state index contributed by atoms with van der Waals surface area (Å²) in [7, 11) is 2.70. The van der Waals surface area contributed by atoms with Gasteiger partial charge in [-0.1, -0.05) is 0 Å². The number of pyridine rings is 3. The number of hydrogen-bond acceptors (Lipinski definition) is 8. The summed E-state index contributed by atoms with van der Waals surface area (Å²) in [6.45, 7) is 1.32. The van der Waals surface area contributed by atoms with Crippen molar-refractivity contribution in [3.8, 4) is 17.6 Å². The van der Waals surface area contributed by atoms with Crippen LogP contribution in [0.15, 0.2) is 41.6 Å². The molecule has 2 N–H and O–H groups in total. The third-order valence-corrected chi connectivity index (χ3v) is 5.00.